The van der Waals surface area contributed by atoms with Crippen LogP contribution in [0.4, 0.5) is 26.2 Å². The second-order valence-corrected chi connectivity index (χ2v) is 10.6. The van der Waals surface area contributed by atoms with Crippen LogP contribution in [-0.4, -0.2) is 54.5 Å². The minimum absolute atomic E-state index is 0.0531. The predicted molar refractivity (Wildman–Crippen MR) is 155 cm³/mol. The second-order valence-electron chi connectivity index (χ2n) is 10.6. The minimum atomic E-state index is -0.261. The Hall–Kier alpha value is -4.14. The maximum atomic E-state index is 13.6. The van der Waals surface area contributed by atoms with Gasteiger partial charge in [-0.25, -0.2) is 9.18 Å². The number of hydrogen-bond acceptors (Lipinski definition) is 6. The number of Topliss-reactive ketones (excluding diaryl/α,β-unsaturated/α-hetero) is 1. The maximum Gasteiger partial charge on any atom is 0.322 e. The van der Waals surface area contributed by atoms with Crippen LogP contribution in [0.5, 0.6) is 5.75 Å². The highest BCUT2D eigenvalue weighted by atomic mass is 19.1. The number of piperidine rings is 1. The van der Waals surface area contributed by atoms with Crippen molar-refractivity contribution in [3.8, 4) is 5.75 Å². The SMILES string of the molecule is COc1ccc2c(c1)CCN(C1CCN(c3cc(C(=O)CCCc4cc(F)ccc4C)ncc3N)CC1)C(=O)N2. The molecule has 3 heterocycles. The Balaban J connectivity index is 1.18. The van der Waals surface area contributed by atoms with E-state index in [2.05, 4.69) is 15.2 Å². The van der Waals surface area contributed by atoms with Crippen molar-refractivity contribution in [1.82, 2.24) is 9.88 Å². The molecule has 0 saturated carbocycles. The van der Waals surface area contributed by atoms with E-state index in [1.165, 1.54) is 12.1 Å². The van der Waals surface area contributed by atoms with Crippen molar-refractivity contribution in [2.45, 2.75) is 51.5 Å². The van der Waals surface area contributed by atoms with Gasteiger partial charge in [0.2, 0.25) is 0 Å². The number of carbonyl (C=O) groups excluding carboxylic acids is 2. The van der Waals surface area contributed by atoms with Crippen LogP contribution in [0.3, 0.4) is 0 Å². The van der Waals surface area contributed by atoms with Gasteiger partial charge in [-0.1, -0.05) is 6.07 Å². The number of benzene rings is 2. The molecule has 2 amide bonds. The molecule has 3 N–H and O–H groups in total. The summed E-state index contributed by atoms with van der Waals surface area (Å²) in [4.78, 5) is 34.4. The van der Waals surface area contributed by atoms with E-state index in [0.29, 0.717) is 37.2 Å². The van der Waals surface area contributed by atoms with Crippen LogP contribution in [0.25, 0.3) is 0 Å². The maximum absolute atomic E-state index is 13.6. The lowest BCUT2D eigenvalue weighted by Gasteiger charge is -2.39. The summed E-state index contributed by atoms with van der Waals surface area (Å²) in [5.74, 6) is 0.467. The smallest absolute Gasteiger partial charge is 0.322 e. The number of nitrogens with two attached hydrogens (primary N) is 1. The van der Waals surface area contributed by atoms with Crippen LogP contribution in [0.15, 0.2) is 48.7 Å². The molecule has 210 valence electrons. The Labute approximate surface area is 234 Å². The summed E-state index contributed by atoms with van der Waals surface area (Å²) in [6.07, 6.45) is 5.48. The fourth-order valence-electron chi connectivity index (χ4n) is 5.68. The molecule has 8 nitrogen and oxygen atoms in total. The molecule has 0 aliphatic carbocycles. The van der Waals surface area contributed by atoms with E-state index in [1.807, 2.05) is 30.0 Å². The first-order valence-corrected chi connectivity index (χ1v) is 13.9. The van der Waals surface area contributed by atoms with Gasteiger partial charge in [-0.3, -0.25) is 9.78 Å². The number of anilines is 3. The van der Waals surface area contributed by atoms with Gasteiger partial charge in [0.05, 0.1) is 24.7 Å². The molecule has 2 aliphatic heterocycles. The van der Waals surface area contributed by atoms with E-state index in [1.54, 1.807) is 25.4 Å². The average molecular weight is 546 g/mol. The summed E-state index contributed by atoms with van der Waals surface area (Å²) in [5, 5.41) is 3.06. The number of nitrogens with zero attached hydrogens (tertiary/aromatic N) is 3. The number of fused-ring (bicyclic) bond motifs is 1. The number of ether oxygens (including phenoxy) is 1. The number of aryl methyl sites for hydroxylation is 2. The van der Waals surface area contributed by atoms with Gasteiger partial charge in [-0.2, -0.15) is 0 Å². The number of urea groups is 1. The molecule has 5 rings (SSSR count). The van der Waals surface area contributed by atoms with E-state index in [4.69, 9.17) is 10.5 Å². The number of carbonyl (C=O) groups is 2. The van der Waals surface area contributed by atoms with Crippen molar-refractivity contribution in [2.75, 3.05) is 42.7 Å². The quantitative estimate of drug-likeness (QED) is 0.369. The number of rotatable bonds is 8. The summed E-state index contributed by atoms with van der Waals surface area (Å²) in [5.41, 5.74) is 11.9. The third-order valence-corrected chi connectivity index (χ3v) is 8.04. The fraction of sp³-hybridized carbons (Fsp3) is 0.387. The molecular weight excluding hydrogens is 509 g/mol. The van der Waals surface area contributed by atoms with Gasteiger partial charge in [0.1, 0.15) is 17.3 Å². The molecule has 2 aliphatic rings. The van der Waals surface area contributed by atoms with E-state index in [-0.39, 0.29) is 23.7 Å². The van der Waals surface area contributed by atoms with Gasteiger partial charge in [-0.05, 0) is 92.1 Å². The van der Waals surface area contributed by atoms with Crippen LogP contribution in [0.1, 0.15) is 52.9 Å². The third-order valence-electron chi connectivity index (χ3n) is 8.04. The Kier molecular flexibility index (Phi) is 8.19. The van der Waals surface area contributed by atoms with Crippen molar-refractivity contribution in [3.05, 3.63) is 76.9 Å². The summed E-state index contributed by atoms with van der Waals surface area (Å²) in [6, 6.07) is 12.3. The number of aromatic nitrogens is 1. The molecule has 1 saturated heterocycles. The zero-order valence-corrected chi connectivity index (χ0v) is 23.1. The van der Waals surface area contributed by atoms with Crippen LogP contribution < -0.4 is 20.7 Å². The topological polar surface area (TPSA) is 101 Å². The lowest BCUT2D eigenvalue weighted by Crippen LogP contribution is -2.49. The predicted octanol–water partition coefficient (Wildman–Crippen LogP) is 5.38. The number of hydrogen-bond donors (Lipinski definition) is 2. The molecule has 2 aromatic carbocycles. The van der Waals surface area contributed by atoms with E-state index >= 15 is 0 Å². The monoisotopic (exact) mass is 545 g/mol. The summed E-state index contributed by atoms with van der Waals surface area (Å²) >= 11 is 0. The molecule has 1 fully saturated rings. The normalized spacial score (nSPS) is 15.8. The molecular formula is C31H36FN5O3. The number of nitrogen functional groups attached to an aromatic ring is 1. The van der Waals surface area contributed by atoms with Gasteiger partial charge in [-0.15, -0.1) is 0 Å². The number of amides is 2. The summed E-state index contributed by atoms with van der Waals surface area (Å²) in [7, 11) is 1.64. The molecule has 0 bridgehead atoms. The fourth-order valence-corrected chi connectivity index (χ4v) is 5.68. The number of ketones is 1. The van der Waals surface area contributed by atoms with Crippen molar-refractivity contribution < 1.29 is 18.7 Å². The molecule has 1 aromatic heterocycles. The molecule has 0 unspecified atom stereocenters. The Bertz CT molecular complexity index is 1400. The van der Waals surface area contributed by atoms with E-state index in [9.17, 15) is 14.0 Å². The first kappa shape index (κ1) is 27.4. The largest absolute Gasteiger partial charge is 0.497 e. The highest BCUT2D eigenvalue weighted by Gasteiger charge is 2.31. The zero-order valence-electron chi connectivity index (χ0n) is 23.1. The molecule has 0 spiro atoms. The highest BCUT2D eigenvalue weighted by Crippen LogP contribution is 2.31. The molecule has 0 atom stereocenters. The number of pyridine rings is 1. The van der Waals surface area contributed by atoms with E-state index < -0.39 is 0 Å². The Morgan fingerprint density at radius 3 is 2.73 bits per heavy atom. The first-order valence-electron chi connectivity index (χ1n) is 13.9. The Morgan fingerprint density at radius 1 is 1.15 bits per heavy atom. The van der Waals surface area contributed by atoms with Crippen LogP contribution in [0, 0.1) is 12.7 Å². The van der Waals surface area contributed by atoms with Gasteiger partial charge >= 0.3 is 6.03 Å². The zero-order chi connectivity index (χ0) is 28.2. The van der Waals surface area contributed by atoms with Crippen molar-refractivity contribution in [1.29, 1.82) is 0 Å². The lowest BCUT2D eigenvalue weighted by atomic mass is 10.00. The first-order chi connectivity index (χ1) is 19.3. The number of nitrogens with one attached hydrogen (secondary N) is 1. The summed E-state index contributed by atoms with van der Waals surface area (Å²) in [6.45, 7) is 4.02. The molecule has 3 aromatic rings. The van der Waals surface area contributed by atoms with E-state index in [0.717, 1.165) is 66.2 Å². The molecule has 0 radical (unpaired) electrons. The van der Waals surface area contributed by atoms with Crippen LogP contribution >= 0.6 is 0 Å². The van der Waals surface area contributed by atoms with Crippen molar-refractivity contribution >= 4 is 28.9 Å². The van der Waals surface area contributed by atoms with Crippen LogP contribution in [0.2, 0.25) is 0 Å². The minimum Gasteiger partial charge on any atom is -0.497 e. The standard InChI is InChI=1S/C31H36FN5O3/c1-20-6-7-23(32)16-21(20)4-3-5-30(38)28-18-29(26(33)19-34-28)36-13-11-24(12-14-36)37-15-10-22-17-25(40-2)8-9-27(22)35-31(37)39/h6-9,16-19,24H,3-5,10-15,33H2,1-2H3,(H,35,39). The van der Waals surface area contributed by atoms with Gasteiger partial charge in [0.15, 0.2) is 5.78 Å². The summed E-state index contributed by atoms with van der Waals surface area (Å²) < 4.78 is 18.9. The molecule has 9 heteroatoms. The van der Waals surface area contributed by atoms with Gasteiger partial charge in [0.25, 0.3) is 0 Å². The van der Waals surface area contributed by atoms with Gasteiger partial charge in [0, 0.05) is 37.8 Å². The van der Waals surface area contributed by atoms with Crippen molar-refractivity contribution in [3.63, 3.8) is 0 Å². The van der Waals surface area contributed by atoms with Crippen LogP contribution in [-0.2, 0) is 12.8 Å². The Morgan fingerprint density at radius 2 is 1.95 bits per heavy atom. The second kappa shape index (κ2) is 11.9. The lowest BCUT2D eigenvalue weighted by molar-refractivity contribution is 0.0975. The average Bonchev–Trinajstić information content (AvgIpc) is 3.12. The molecule has 40 heavy (non-hydrogen) atoms. The number of halogens is 1. The van der Waals surface area contributed by atoms with Crippen molar-refractivity contribution in [2.24, 2.45) is 0 Å². The third kappa shape index (κ3) is 6.03. The highest BCUT2D eigenvalue weighted by molar-refractivity contribution is 5.96. The number of methoxy groups -OCH3 is 1. The van der Waals surface area contributed by atoms with Gasteiger partial charge < -0.3 is 25.6 Å².